The van der Waals surface area contributed by atoms with Gasteiger partial charge in [0.2, 0.25) is 0 Å². The predicted molar refractivity (Wildman–Crippen MR) is 74.5 cm³/mol. The molecule has 1 aliphatic heterocycles. The standard InChI is InChI=1S/C14H23N3/c1-11-6-4-8-13(14(11)15)17(3)10-12-7-5-9-16(12)2/h4,6,8,12H,5,7,9-10,15H2,1-3H3. The molecule has 94 valence electrons. The number of hydrogen-bond acceptors (Lipinski definition) is 3. The van der Waals surface area contributed by atoms with Crippen LogP contribution in [0, 0.1) is 6.92 Å². The first kappa shape index (κ1) is 12.2. The third-order valence-electron chi connectivity index (χ3n) is 3.87. The molecule has 0 amide bonds. The molecule has 0 aromatic heterocycles. The normalized spacial score (nSPS) is 20.8. The summed E-state index contributed by atoms with van der Waals surface area (Å²) in [5, 5.41) is 0. The summed E-state index contributed by atoms with van der Waals surface area (Å²) in [6, 6.07) is 6.92. The number of likely N-dealkylation sites (N-methyl/N-ethyl adjacent to an activating group) is 2. The van der Waals surface area contributed by atoms with Crippen molar-refractivity contribution in [2.75, 3.05) is 37.8 Å². The number of hydrogen-bond donors (Lipinski definition) is 1. The molecule has 1 aromatic rings. The zero-order chi connectivity index (χ0) is 12.4. The van der Waals surface area contributed by atoms with Gasteiger partial charge in [-0.1, -0.05) is 12.1 Å². The van der Waals surface area contributed by atoms with Crippen molar-refractivity contribution in [3.63, 3.8) is 0 Å². The molecule has 3 nitrogen and oxygen atoms in total. The Morgan fingerprint density at radius 2 is 2.24 bits per heavy atom. The second kappa shape index (κ2) is 4.96. The van der Waals surface area contributed by atoms with Crippen molar-refractivity contribution in [1.82, 2.24) is 4.90 Å². The number of anilines is 2. The summed E-state index contributed by atoms with van der Waals surface area (Å²) in [5.41, 5.74) is 9.37. The van der Waals surface area contributed by atoms with Crippen LogP contribution in [-0.2, 0) is 0 Å². The van der Waals surface area contributed by atoms with Gasteiger partial charge < -0.3 is 15.5 Å². The molecule has 1 aromatic carbocycles. The molecule has 2 rings (SSSR count). The van der Waals surface area contributed by atoms with E-state index in [1.165, 1.54) is 19.4 Å². The minimum absolute atomic E-state index is 0.667. The molecule has 17 heavy (non-hydrogen) atoms. The predicted octanol–water partition coefficient (Wildman–Crippen LogP) is 2.11. The monoisotopic (exact) mass is 233 g/mol. The summed E-state index contributed by atoms with van der Waals surface area (Å²) < 4.78 is 0. The lowest BCUT2D eigenvalue weighted by Crippen LogP contribution is -2.36. The highest BCUT2D eigenvalue weighted by molar-refractivity contribution is 5.70. The minimum Gasteiger partial charge on any atom is -0.397 e. The average molecular weight is 233 g/mol. The van der Waals surface area contributed by atoms with Crippen LogP contribution in [0.1, 0.15) is 18.4 Å². The molecule has 1 heterocycles. The Balaban J connectivity index is 2.09. The topological polar surface area (TPSA) is 32.5 Å². The van der Waals surface area contributed by atoms with E-state index in [2.05, 4.69) is 49.0 Å². The van der Waals surface area contributed by atoms with Crippen molar-refractivity contribution in [3.05, 3.63) is 23.8 Å². The molecule has 1 fully saturated rings. The van der Waals surface area contributed by atoms with Gasteiger partial charge in [0, 0.05) is 19.6 Å². The first-order chi connectivity index (χ1) is 8.09. The minimum atomic E-state index is 0.667. The maximum atomic E-state index is 6.14. The fourth-order valence-electron chi connectivity index (χ4n) is 2.62. The number of nitrogen functional groups attached to an aromatic ring is 1. The van der Waals surface area contributed by atoms with Gasteiger partial charge in [-0.2, -0.15) is 0 Å². The lowest BCUT2D eigenvalue weighted by molar-refractivity contribution is 0.314. The molecule has 1 saturated heterocycles. The van der Waals surface area contributed by atoms with Gasteiger partial charge in [0.25, 0.3) is 0 Å². The fraction of sp³-hybridized carbons (Fsp3) is 0.571. The maximum Gasteiger partial charge on any atom is 0.0600 e. The van der Waals surface area contributed by atoms with E-state index in [0.29, 0.717) is 6.04 Å². The van der Waals surface area contributed by atoms with Gasteiger partial charge in [-0.3, -0.25) is 0 Å². The van der Waals surface area contributed by atoms with Crippen LogP contribution in [0.15, 0.2) is 18.2 Å². The van der Waals surface area contributed by atoms with Crippen molar-refractivity contribution in [1.29, 1.82) is 0 Å². The van der Waals surface area contributed by atoms with Gasteiger partial charge in [-0.15, -0.1) is 0 Å². The quantitative estimate of drug-likeness (QED) is 0.812. The number of likely N-dealkylation sites (tertiary alicyclic amines) is 1. The lowest BCUT2D eigenvalue weighted by atomic mass is 10.1. The van der Waals surface area contributed by atoms with Gasteiger partial charge in [0.15, 0.2) is 0 Å². The van der Waals surface area contributed by atoms with E-state index in [-0.39, 0.29) is 0 Å². The number of aryl methyl sites for hydroxylation is 1. The molecule has 2 N–H and O–H groups in total. The Morgan fingerprint density at radius 3 is 2.88 bits per heavy atom. The summed E-state index contributed by atoms with van der Waals surface area (Å²) in [5.74, 6) is 0. The van der Waals surface area contributed by atoms with Crippen LogP contribution < -0.4 is 10.6 Å². The molecule has 0 saturated carbocycles. The number of benzene rings is 1. The summed E-state index contributed by atoms with van der Waals surface area (Å²) in [4.78, 5) is 4.73. The Hall–Kier alpha value is -1.22. The van der Waals surface area contributed by atoms with Gasteiger partial charge in [0.1, 0.15) is 0 Å². The van der Waals surface area contributed by atoms with Gasteiger partial charge in [0.05, 0.1) is 11.4 Å². The van der Waals surface area contributed by atoms with Crippen LogP contribution in [0.2, 0.25) is 0 Å². The number of nitrogens with two attached hydrogens (primary N) is 1. The second-order valence-electron chi connectivity index (χ2n) is 5.16. The molecule has 3 heteroatoms. The zero-order valence-electron chi connectivity index (χ0n) is 11.1. The third-order valence-corrected chi connectivity index (χ3v) is 3.87. The van der Waals surface area contributed by atoms with Crippen LogP contribution in [0.3, 0.4) is 0 Å². The first-order valence-corrected chi connectivity index (χ1v) is 6.36. The van der Waals surface area contributed by atoms with Crippen LogP contribution in [-0.4, -0.2) is 38.1 Å². The van der Waals surface area contributed by atoms with Gasteiger partial charge in [-0.05, 0) is 45.0 Å². The summed E-state index contributed by atoms with van der Waals surface area (Å²) in [6.45, 7) is 4.35. The van der Waals surface area contributed by atoms with E-state index in [1.54, 1.807) is 0 Å². The molecular weight excluding hydrogens is 210 g/mol. The van der Waals surface area contributed by atoms with E-state index in [4.69, 9.17) is 5.73 Å². The van der Waals surface area contributed by atoms with Crippen molar-refractivity contribution in [2.24, 2.45) is 0 Å². The highest BCUT2D eigenvalue weighted by Gasteiger charge is 2.22. The SMILES string of the molecule is Cc1cccc(N(C)CC2CCCN2C)c1N. The number of rotatable bonds is 3. The van der Waals surface area contributed by atoms with Crippen LogP contribution >= 0.6 is 0 Å². The first-order valence-electron chi connectivity index (χ1n) is 6.36. The van der Waals surface area contributed by atoms with Gasteiger partial charge in [-0.25, -0.2) is 0 Å². The molecule has 0 aliphatic carbocycles. The Labute approximate surface area is 104 Å². The van der Waals surface area contributed by atoms with Crippen LogP contribution in [0.4, 0.5) is 11.4 Å². The lowest BCUT2D eigenvalue weighted by Gasteiger charge is -2.28. The maximum absolute atomic E-state index is 6.14. The molecule has 1 unspecified atom stereocenters. The Bertz CT molecular complexity index is 389. The largest absolute Gasteiger partial charge is 0.397 e. The fourth-order valence-corrected chi connectivity index (χ4v) is 2.62. The highest BCUT2D eigenvalue weighted by Crippen LogP contribution is 2.26. The van der Waals surface area contributed by atoms with E-state index in [9.17, 15) is 0 Å². The highest BCUT2D eigenvalue weighted by atomic mass is 15.2. The Morgan fingerprint density at radius 1 is 1.47 bits per heavy atom. The Kier molecular flexibility index (Phi) is 3.57. The van der Waals surface area contributed by atoms with E-state index < -0.39 is 0 Å². The third kappa shape index (κ3) is 2.55. The van der Waals surface area contributed by atoms with Gasteiger partial charge >= 0.3 is 0 Å². The molecule has 0 spiro atoms. The van der Waals surface area contributed by atoms with E-state index in [0.717, 1.165) is 23.5 Å². The molecule has 1 aliphatic rings. The summed E-state index contributed by atoms with van der Waals surface area (Å²) in [7, 11) is 4.35. The zero-order valence-corrected chi connectivity index (χ0v) is 11.1. The molecule has 0 bridgehead atoms. The summed E-state index contributed by atoms with van der Waals surface area (Å²) in [6.07, 6.45) is 2.62. The summed E-state index contributed by atoms with van der Waals surface area (Å²) >= 11 is 0. The smallest absolute Gasteiger partial charge is 0.0600 e. The van der Waals surface area contributed by atoms with E-state index in [1.807, 2.05) is 0 Å². The van der Waals surface area contributed by atoms with Crippen molar-refractivity contribution >= 4 is 11.4 Å². The number of para-hydroxylation sites is 1. The van der Waals surface area contributed by atoms with Crippen molar-refractivity contribution < 1.29 is 0 Å². The number of nitrogens with zero attached hydrogens (tertiary/aromatic N) is 2. The van der Waals surface area contributed by atoms with Crippen molar-refractivity contribution in [3.8, 4) is 0 Å². The van der Waals surface area contributed by atoms with Crippen LogP contribution in [0.25, 0.3) is 0 Å². The molecular formula is C14H23N3. The average Bonchev–Trinajstić information content (AvgIpc) is 2.68. The second-order valence-corrected chi connectivity index (χ2v) is 5.16. The molecule has 1 atom stereocenters. The van der Waals surface area contributed by atoms with E-state index >= 15 is 0 Å². The molecule has 0 radical (unpaired) electrons. The van der Waals surface area contributed by atoms with Crippen molar-refractivity contribution in [2.45, 2.75) is 25.8 Å². The van der Waals surface area contributed by atoms with Crippen LogP contribution in [0.5, 0.6) is 0 Å².